The number of aromatic nitrogens is 1. The predicted molar refractivity (Wildman–Crippen MR) is 83.3 cm³/mol. The standard InChI is InChI=1S/C15H15ClF2N2OS/c1-2-3-4-10-11(17)5-9(6-12(10)18)7-19-14(21)13-8-22-15(16)20-13/h5-6,8H,2-4,7H2,1H3,(H,19,21). The van der Waals surface area contributed by atoms with Crippen LogP contribution in [0.2, 0.25) is 4.47 Å². The summed E-state index contributed by atoms with van der Waals surface area (Å²) in [5, 5.41) is 4.08. The van der Waals surface area contributed by atoms with Crippen molar-refractivity contribution in [3.63, 3.8) is 0 Å². The van der Waals surface area contributed by atoms with E-state index in [0.717, 1.165) is 24.2 Å². The van der Waals surface area contributed by atoms with Gasteiger partial charge in [-0.3, -0.25) is 4.79 Å². The van der Waals surface area contributed by atoms with Crippen molar-refractivity contribution in [2.75, 3.05) is 0 Å². The molecule has 0 atom stereocenters. The third-order valence-corrected chi connectivity index (χ3v) is 4.12. The second-order valence-corrected chi connectivity index (χ2v) is 6.25. The van der Waals surface area contributed by atoms with Crippen LogP contribution in [0.5, 0.6) is 0 Å². The fourth-order valence-electron chi connectivity index (χ4n) is 1.98. The topological polar surface area (TPSA) is 42.0 Å². The van der Waals surface area contributed by atoms with Crippen LogP contribution in [-0.2, 0) is 13.0 Å². The molecule has 0 bridgehead atoms. The molecule has 3 nitrogen and oxygen atoms in total. The Balaban J connectivity index is 2.03. The van der Waals surface area contributed by atoms with Gasteiger partial charge in [0.05, 0.1) is 0 Å². The Bertz CT molecular complexity index is 652. The van der Waals surface area contributed by atoms with Crippen molar-refractivity contribution in [2.24, 2.45) is 0 Å². The van der Waals surface area contributed by atoms with Gasteiger partial charge >= 0.3 is 0 Å². The van der Waals surface area contributed by atoms with Gasteiger partial charge in [0, 0.05) is 17.5 Å². The SMILES string of the molecule is CCCCc1c(F)cc(CNC(=O)c2csc(Cl)n2)cc1F. The molecule has 118 valence electrons. The van der Waals surface area contributed by atoms with E-state index in [1.165, 1.54) is 17.5 Å². The average Bonchev–Trinajstić information content (AvgIpc) is 2.90. The van der Waals surface area contributed by atoms with E-state index in [2.05, 4.69) is 10.3 Å². The summed E-state index contributed by atoms with van der Waals surface area (Å²) in [6.45, 7) is 1.99. The van der Waals surface area contributed by atoms with Crippen LogP contribution < -0.4 is 5.32 Å². The maximum Gasteiger partial charge on any atom is 0.271 e. The van der Waals surface area contributed by atoms with E-state index in [0.29, 0.717) is 12.0 Å². The summed E-state index contributed by atoms with van der Waals surface area (Å²) in [4.78, 5) is 15.6. The number of hydrogen-bond donors (Lipinski definition) is 1. The highest BCUT2D eigenvalue weighted by atomic mass is 35.5. The molecule has 1 heterocycles. The zero-order valence-electron chi connectivity index (χ0n) is 12.0. The molecule has 1 amide bonds. The fraction of sp³-hybridized carbons (Fsp3) is 0.333. The summed E-state index contributed by atoms with van der Waals surface area (Å²) in [6.07, 6.45) is 1.97. The lowest BCUT2D eigenvalue weighted by Crippen LogP contribution is -2.23. The van der Waals surface area contributed by atoms with Crippen molar-refractivity contribution in [2.45, 2.75) is 32.7 Å². The normalized spacial score (nSPS) is 10.7. The Morgan fingerprint density at radius 1 is 1.36 bits per heavy atom. The highest BCUT2D eigenvalue weighted by Gasteiger charge is 2.13. The Morgan fingerprint density at radius 3 is 2.59 bits per heavy atom. The molecule has 0 radical (unpaired) electrons. The second kappa shape index (κ2) is 7.65. The highest BCUT2D eigenvalue weighted by Crippen LogP contribution is 2.18. The molecule has 0 spiro atoms. The minimum atomic E-state index is -0.575. The summed E-state index contributed by atoms with van der Waals surface area (Å²) < 4.78 is 28.1. The van der Waals surface area contributed by atoms with Crippen molar-refractivity contribution < 1.29 is 13.6 Å². The van der Waals surface area contributed by atoms with Crippen LogP contribution in [0.1, 0.15) is 41.4 Å². The molecule has 1 aromatic heterocycles. The van der Waals surface area contributed by atoms with E-state index in [9.17, 15) is 13.6 Å². The van der Waals surface area contributed by atoms with Crippen molar-refractivity contribution in [1.82, 2.24) is 10.3 Å². The monoisotopic (exact) mass is 344 g/mol. The van der Waals surface area contributed by atoms with E-state index >= 15 is 0 Å². The summed E-state index contributed by atoms with van der Waals surface area (Å²) in [5.74, 6) is -1.58. The van der Waals surface area contributed by atoms with E-state index in [-0.39, 0.29) is 22.3 Å². The summed E-state index contributed by atoms with van der Waals surface area (Å²) in [6, 6.07) is 2.50. The third kappa shape index (κ3) is 4.24. The Kier molecular flexibility index (Phi) is 5.85. The molecule has 22 heavy (non-hydrogen) atoms. The number of unbranched alkanes of at least 4 members (excludes halogenated alkanes) is 1. The Hall–Kier alpha value is -1.53. The zero-order chi connectivity index (χ0) is 16.1. The molecule has 2 aromatic rings. The van der Waals surface area contributed by atoms with Gasteiger partial charge in [-0.2, -0.15) is 0 Å². The molecular formula is C15H15ClF2N2OS. The van der Waals surface area contributed by atoms with Crippen LogP contribution in [-0.4, -0.2) is 10.9 Å². The molecule has 1 aromatic carbocycles. The number of nitrogens with zero attached hydrogens (tertiary/aromatic N) is 1. The number of amides is 1. The Morgan fingerprint density at radius 2 is 2.05 bits per heavy atom. The molecule has 7 heteroatoms. The molecule has 0 aliphatic rings. The summed E-state index contributed by atoms with van der Waals surface area (Å²) in [5.41, 5.74) is 0.656. The minimum absolute atomic E-state index is 0.0237. The first-order chi connectivity index (χ1) is 10.5. The molecule has 0 unspecified atom stereocenters. The van der Waals surface area contributed by atoms with E-state index in [1.54, 1.807) is 0 Å². The largest absolute Gasteiger partial charge is 0.347 e. The third-order valence-electron chi connectivity index (χ3n) is 3.14. The van der Waals surface area contributed by atoms with Gasteiger partial charge in [-0.05, 0) is 30.5 Å². The maximum atomic E-state index is 13.9. The van der Waals surface area contributed by atoms with Crippen molar-refractivity contribution in [3.05, 3.63) is 50.4 Å². The highest BCUT2D eigenvalue weighted by molar-refractivity contribution is 7.14. The first-order valence-electron chi connectivity index (χ1n) is 6.87. The van der Waals surface area contributed by atoms with Gasteiger partial charge in [-0.25, -0.2) is 13.8 Å². The number of halogens is 3. The van der Waals surface area contributed by atoms with Crippen LogP contribution in [0.4, 0.5) is 8.78 Å². The zero-order valence-corrected chi connectivity index (χ0v) is 13.5. The molecular weight excluding hydrogens is 330 g/mol. The molecule has 0 aliphatic heterocycles. The summed E-state index contributed by atoms with van der Waals surface area (Å²) in [7, 11) is 0. The van der Waals surface area contributed by atoms with E-state index in [4.69, 9.17) is 11.6 Å². The number of carbonyl (C=O) groups excluding carboxylic acids is 1. The fourth-order valence-corrected chi connectivity index (χ4v) is 2.72. The number of benzene rings is 1. The minimum Gasteiger partial charge on any atom is -0.347 e. The Labute approximate surface area is 136 Å². The second-order valence-electron chi connectivity index (χ2n) is 4.81. The molecule has 2 rings (SSSR count). The number of nitrogens with one attached hydrogen (secondary N) is 1. The van der Waals surface area contributed by atoms with Crippen molar-refractivity contribution in [3.8, 4) is 0 Å². The number of thiazole rings is 1. The van der Waals surface area contributed by atoms with Gasteiger partial charge < -0.3 is 5.32 Å². The van der Waals surface area contributed by atoms with Crippen LogP contribution in [0.25, 0.3) is 0 Å². The van der Waals surface area contributed by atoms with Crippen LogP contribution in [0.15, 0.2) is 17.5 Å². The lowest BCUT2D eigenvalue weighted by Gasteiger charge is -2.08. The van der Waals surface area contributed by atoms with E-state index in [1.807, 2.05) is 6.92 Å². The molecule has 1 N–H and O–H groups in total. The van der Waals surface area contributed by atoms with Crippen LogP contribution in [0, 0.1) is 11.6 Å². The maximum absolute atomic E-state index is 13.9. The molecule has 0 saturated heterocycles. The predicted octanol–water partition coefficient (Wildman–Crippen LogP) is 4.35. The van der Waals surface area contributed by atoms with Gasteiger partial charge in [-0.15, -0.1) is 11.3 Å². The van der Waals surface area contributed by atoms with Crippen molar-refractivity contribution in [1.29, 1.82) is 0 Å². The number of carbonyl (C=O) groups is 1. The van der Waals surface area contributed by atoms with Gasteiger partial charge in [0.25, 0.3) is 5.91 Å². The number of hydrogen-bond acceptors (Lipinski definition) is 3. The average molecular weight is 345 g/mol. The van der Waals surface area contributed by atoms with Gasteiger partial charge in [-0.1, -0.05) is 24.9 Å². The summed E-state index contributed by atoms with van der Waals surface area (Å²) >= 11 is 6.79. The smallest absolute Gasteiger partial charge is 0.271 e. The first kappa shape index (κ1) is 16.8. The lowest BCUT2D eigenvalue weighted by molar-refractivity contribution is 0.0946. The van der Waals surface area contributed by atoms with E-state index < -0.39 is 17.5 Å². The lowest BCUT2D eigenvalue weighted by atomic mass is 10.0. The van der Waals surface area contributed by atoms with Crippen LogP contribution >= 0.6 is 22.9 Å². The van der Waals surface area contributed by atoms with Gasteiger partial charge in [0.2, 0.25) is 0 Å². The quantitative estimate of drug-likeness (QED) is 0.846. The first-order valence-corrected chi connectivity index (χ1v) is 8.13. The van der Waals surface area contributed by atoms with Crippen molar-refractivity contribution >= 4 is 28.8 Å². The molecule has 0 aliphatic carbocycles. The molecule has 0 saturated carbocycles. The number of rotatable bonds is 6. The van der Waals surface area contributed by atoms with Crippen LogP contribution in [0.3, 0.4) is 0 Å². The molecule has 0 fully saturated rings. The van der Waals surface area contributed by atoms with Gasteiger partial charge in [0.15, 0.2) is 4.47 Å². The van der Waals surface area contributed by atoms with Gasteiger partial charge in [0.1, 0.15) is 17.3 Å².